The SMILES string of the molecule is CC/C=C\C/C=C\C/C=C\C/C=C\C/C=C\CCCC(=O)NC(CO)C(O)/C=C/CC/C=C/CCCCCCCCC. The largest absolute Gasteiger partial charge is 0.394 e. The van der Waals surface area contributed by atoms with Gasteiger partial charge in [-0.3, -0.25) is 4.79 Å². The van der Waals surface area contributed by atoms with Gasteiger partial charge < -0.3 is 15.5 Å². The summed E-state index contributed by atoms with van der Waals surface area (Å²) in [7, 11) is 0. The number of carbonyl (C=O) groups is 1. The van der Waals surface area contributed by atoms with Crippen molar-refractivity contribution in [1.29, 1.82) is 0 Å². The minimum absolute atomic E-state index is 0.137. The molecule has 2 unspecified atom stereocenters. The second-order valence-corrected chi connectivity index (χ2v) is 10.8. The topological polar surface area (TPSA) is 69.6 Å². The first-order valence-corrected chi connectivity index (χ1v) is 16.8. The summed E-state index contributed by atoms with van der Waals surface area (Å²) in [6, 6.07) is -0.671. The van der Waals surface area contributed by atoms with E-state index in [-0.39, 0.29) is 12.5 Å². The molecule has 0 aliphatic carbocycles. The van der Waals surface area contributed by atoms with Crippen molar-refractivity contribution < 1.29 is 15.0 Å². The third kappa shape index (κ3) is 29.1. The van der Waals surface area contributed by atoms with Crippen LogP contribution in [0.1, 0.15) is 129 Å². The maximum absolute atomic E-state index is 12.3. The van der Waals surface area contributed by atoms with Gasteiger partial charge in [0.1, 0.15) is 0 Å². The smallest absolute Gasteiger partial charge is 0.220 e. The van der Waals surface area contributed by atoms with Crippen LogP contribution in [0, 0.1) is 0 Å². The highest BCUT2D eigenvalue weighted by Crippen LogP contribution is 2.09. The van der Waals surface area contributed by atoms with E-state index in [1.54, 1.807) is 6.08 Å². The zero-order chi connectivity index (χ0) is 30.8. The van der Waals surface area contributed by atoms with Gasteiger partial charge in [-0.25, -0.2) is 0 Å². The summed E-state index contributed by atoms with van der Waals surface area (Å²) in [5.41, 5.74) is 0. The highest BCUT2D eigenvalue weighted by atomic mass is 16.3. The first-order chi connectivity index (χ1) is 20.7. The molecule has 0 aromatic rings. The molecule has 2 atom stereocenters. The maximum atomic E-state index is 12.3. The summed E-state index contributed by atoms with van der Waals surface area (Å²) in [6.07, 6.45) is 48.0. The third-order valence-corrected chi connectivity index (χ3v) is 6.86. The normalized spacial score (nSPS) is 14.3. The Morgan fingerprint density at radius 3 is 1.67 bits per heavy atom. The number of amides is 1. The van der Waals surface area contributed by atoms with Crippen molar-refractivity contribution in [3.8, 4) is 0 Å². The Kier molecular flexibility index (Phi) is 31.2. The van der Waals surface area contributed by atoms with Crippen LogP contribution in [0.25, 0.3) is 0 Å². The summed E-state index contributed by atoms with van der Waals surface area (Å²) in [5.74, 6) is -0.137. The van der Waals surface area contributed by atoms with Crippen molar-refractivity contribution in [2.45, 2.75) is 142 Å². The molecule has 0 aliphatic heterocycles. The molecule has 42 heavy (non-hydrogen) atoms. The van der Waals surface area contributed by atoms with Gasteiger partial charge in [0, 0.05) is 6.42 Å². The lowest BCUT2D eigenvalue weighted by Crippen LogP contribution is -2.45. The fraction of sp³-hybridized carbons (Fsp3) is 0.605. The van der Waals surface area contributed by atoms with E-state index in [0.717, 1.165) is 64.2 Å². The number of allylic oxidation sites excluding steroid dienone is 13. The monoisotopic (exact) mass is 581 g/mol. The molecule has 0 radical (unpaired) electrons. The van der Waals surface area contributed by atoms with E-state index in [2.05, 4.69) is 92.1 Å². The van der Waals surface area contributed by atoms with Crippen LogP contribution in [0.15, 0.2) is 85.1 Å². The Morgan fingerprint density at radius 1 is 0.595 bits per heavy atom. The second-order valence-electron chi connectivity index (χ2n) is 10.8. The molecular weight excluding hydrogens is 518 g/mol. The number of hydrogen-bond acceptors (Lipinski definition) is 3. The molecule has 0 aromatic heterocycles. The maximum Gasteiger partial charge on any atom is 0.220 e. The lowest BCUT2D eigenvalue weighted by Gasteiger charge is -2.19. The fourth-order valence-electron chi connectivity index (χ4n) is 4.28. The summed E-state index contributed by atoms with van der Waals surface area (Å²) in [6.45, 7) is 4.11. The Bertz CT molecular complexity index is 803. The van der Waals surface area contributed by atoms with Crippen LogP contribution in [-0.2, 0) is 4.79 Å². The molecule has 0 aromatic carbocycles. The average Bonchev–Trinajstić information content (AvgIpc) is 2.99. The second kappa shape index (κ2) is 33.1. The van der Waals surface area contributed by atoms with Crippen molar-refractivity contribution in [1.82, 2.24) is 5.32 Å². The highest BCUT2D eigenvalue weighted by molar-refractivity contribution is 5.76. The molecule has 238 valence electrons. The Balaban J connectivity index is 3.87. The molecule has 1 amide bonds. The highest BCUT2D eigenvalue weighted by Gasteiger charge is 2.17. The van der Waals surface area contributed by atoms with Gasteiger partial charge in [-0.1, -0.05) is 137 Å². The molecule has 0 saturated carbocycles. The molecule has 0 fully saturated rings. The molecule has 0 spiro atoms. The number of hydrogen-bond donors (Lipinski definition) is 3. The number of aliphatic hydroxyl groups excluding tert-OH is 2. The molecule has 0 aliphatic rings. The van der Waals surface area contributed by atoms with Crippen LogP contribution in [0.4, 0.5) is 0 Å². The van der Waals surface area contributed by atoms with Crippen LogP contribution < -0.4 is 5.32 Å². The number of carbonyl (C=O) groups excluding carboxylic acids is 1. The van der Waals surface area contributed by atoms with Crippen LogP contribution in [-0.4, -0.2) is 34.9 Å². The molecule has 4 heteroatoms. The molecule has 3 N–H and O–H groups in total. The quantitative estimate of drug-likeness (QED) is 0.0636. The minimum Gasteiger partial charge on any atom is -0.394 e. The summed E-state index contributed by atoms with van der Waals surface area (Å²) in [5, 5.41) is 22.7. The standard InChI is InChI=1S/C38H63NO3/c1-3-5-7-9-11-13-15-17-18-19-20-22-24-26-28-30-32-34-38(42)39-36(35-40)37(41)33-31-29-27-25-23-21-16-14-12-10-8-6-4-2/h5,7,11,13,17-18,20,22-23,25-26,28,31,33,36-37,40-41H,3-4,6,8-10,12,14-16,19,21,24,27,29-30,32,34-35H2,1-2H3,(H,39,42)/b7-5-,13-11-,18-17-,22-20-,25-23+,28-26-,33-31+. The van der Waals surface area contributed by atoms with E-state index in [0.29, 0.717) is 6.42 Å². The van der Waals surface area contributed by atoms with Gasteiger partial charge in [-0.15, -0.1) is 0 Å². The van der Waals surface area contributed by atoms with E-state index in [1.807, 2.05) is 6.08 Å². The molecule has 0 bridgehead atoms. The zero-order valence-corrected chi connectivity index (χ0v) is 27.0. The van der Waals surface area contributed by atoms with Gasteiger partial charge in [0.2, 0.25) is 5.91 Å². The van der Waals surface area contributed by atoms with Crippen molar-refractivity contribution >= 4 is 5.91 Å². The molecule has 4 nitrogen and oxygen atoms in total. The van der Waals surface area contributed by atoms with Crippen molar-refractivity contribution in [2.75, 3.05) is 6.61 Å². The molecule has 0 rings (SSSR count). The van der Waals surface area contributed by atoms with Gasteiger partial charge in [0.05, 0.1) is 18.8 Å². The Hall–Kier alpha value is -2.43. The van der Waals surface area contributed by atoms with Gasteiger partial charge in [0.15, 0.2) is 0 Å². The van der Waals surface area contributed by atoms with Crippen molar-refractivity contribution in [3.63, 3.8) is 0 Å². The van der Waals surface area contributed by atoms with E-state index in [1.165, 1.54) is 44.9 Å². The summed E-state index contributed by atoms with van der Waals surface area (Å²) in [4.78, 5) is 12.3. The summed E-state index contributed by atoms with van der Waals surface area (Å²) >= 11 is 0. The molecular formula is C38H63NO3. The van der Waals surface area contributed by atoms with Gasteiger partial charge in [0.25, 0.3) is 0 Å². The zero-order valence-electron chi connectivity index (χ0n) is 27.0. The third-order valence-electron chi connectivity index (χ3n) is 6.86. The lowest BCUT2D eigenvalue weighted by atomic mass is 10.1. The van der Waals surface area contributed by atoms with E-state index in [4.69, 9.17) is 0 Å². The van der Waals surface area contributed by atoms with E-state index >= 15 is 0 Å². The predicted molar refractivity (Wildman–Crippen MR) is 183 cm³/mol. The van der Waals surface area contributed by atoms with Gasteiger partial charge >= 0.3 is 0 Å². The average molecular weight is 582 g/mol. The van der Waals surface area contributed by atoms with E-state index in [9.17, 15) is 15.0 Å². The fourth-order valence-corrected chi connectivity index (χ4v) is 4.28. The summed E-state index contributed by atoms with van der Waals surface area (Å²) < 4.78 is 0. The van der Waals surface area contributed by atoms with Gasteiger partial charge in [-0.05, 0) is 70.6 Å². The lowest BCUT2D eigenvalue weighted by molar-refractivity contribution is -0.122. The molecule has 0 heterocycles. The molecule has 0 saturated heterocycles. The Labute approximate surface area is 259 Å². The number of rotatable bonds is 28. The van der Waals surface area contributed by atoms with Gasteiger partial charge in [-0.2, -0.15) is 0 Å². The first kappa shape index (κ1) is 39.6. The predicted octanol–water partition coefficient (Wildman–Crippen LogP) is 9.78. The first-order valence-electron chi connectivity index (χ1n) is 16.8. The Morgan fingerprint density at radius 2 is 1.07 bits per heavy atom. The van der Waals surface area contributed by atoms with Crippen LogP contribution in [0.5, 0.6) is 0 Å². The van der Waals surface area contributed by atoms with Crippen molar-refractivity contribution in [2.24, 2.45) is 0 Å². The van der Waals surface area contributed by atoms with Crippen LogP contribution in [0.3, 0.4) is 0 Å². The van der Waals surface area contributed by atoms with Crippen molar-refractivity contribution in [3.05, 3.63) is 85.1 Å². The number of unbranched alkanes of at least 4 members (excludes halogenated alkanes) is 9. The number of aliphatic hydroxyl groups is 2. The number of nitrogens with one attached hydrogen (secondary N) is 1. The minimum atomic E-state index is -0.887. The van der Waals surface area contributed by atoms with Crippen LogP contribution >= 0.6 is 0 Å². The van der Waals surface area contributed by atoms with Crippen LogP contribution in [0.2, 0.25) is 0 Å². The van der Waals surface area contributed by atoms with E-state index < -0.39 is 12.1 Å².